The van der Waals surface area contributed by atoms with Gasteiger partial charge in [-0.2, -0.15) is 0 Å². The van der Waals surface area contributed by atoms with Crippen molar-refractivity contribution in [1.29, 1.82) is 0 Å². The number of aliphatic carboxylic acids is 1. The number of halogens is 1. The lowest BCUT2D eigenvalue weighted by Gasteiger charge is -2.15. The van der Waals surface area contributed by atoms with Crippen molar-refractivity contribution in [2.45, 2.75) is 20.3 Å². The van der Waals surface area contributed by atoms with Gasteiger partial charge < -0.3 is 10.4 Å². The molecular formula is C12H16ClNO3S. The summed E-state index contributed by atoms with van der Waals surface area (Å²) in [7, 11) is 0. The SMILES string of the molecule is CC(C(=O)O)C(C)C(=O)NCCc1ccc(Cl)s1. The van der Waals surface area contributed by atoms with E-state index in [2.05, 4.69) is 5.32 Å². The lowest BCUT2D eigenvalue weighted by Crippen LogP contribution is -2.36. The Labute approximate surface area is 115 Å². The minimum atomic E-state index is -0.956. The molecule has 6 heteroatoms. The molecule has 0 aliphatic rings. The monoisotopic (exact) mass is 289 g/mol. The van der Waals surface area contributed by atoms with Crippen molar-refractivity contribution in [2.24, 2.45) is 11.8 Å². The molecule has 0 aromatic carbocycles. The molecule has 100 valence electrons. The van der Waals surface area contributed by atoms with Crippen molar-refractivity contribution in [3.05, 3.63) is 21.3 Å². The normalized spacial score (nSPS) is 13.9. The van der Waals surface area contributed by atoms with Gasteiger partial charge in [0.2, 0.25) is 5.91 Å². The maximum Gasteiger partial charge on any atom is 0.307 e. The number of carboxylic acids is 1. The molecule has 4 nitrogen and oxygen atoms in total. The Bertz CT molecular complexity index is 433. The van der Waals surface area contributed by atoms with E-state index >= 15 is 0 Å². The van der Waals surface area contributed by atoms with Gasteiger partial charge in [-0.1, -0.05) is 25.4 Å². The Balaban J connectivity index is 2.35. The molecular weight excluding hydrogens is 274 g/mol. The van der Waals surface area contributed by atoms with Gasteiger partial charge in [0.15, 0.2) is 0 Å². The number of hydrogen-bond acceptors (Lipinski definition) is 3. The number of nitrogens with one attached hydrogen (secondary N) is 1. The fourth-order valence-corrected chi connectivity index (χ4v) is 2.48. The van der Waals surface area contributed by atoms with Crippen LogP contribution in [0.5, 0.6) is 0 Å². The first kappa shape index (κ1) is 15.0. The second-order valence-corrected chi connectivity index (χ2v) is 5.96. The van der Waals surface area contributed by atoms with Crippen molar-refractivity contribution < 1.29 is 14.7 Å². The summed E-state index contributed by atoms with van der Waals surface area (Å²) in [6.45, 7) is 3.65. The van der Waals surface area contributed by atoms with Crippen LogP contribution in [-0.4, -0.2) is 23.5 Å². The lowest BCUT2D eigenvalue weighted by atomic mass is 9.95. The van der Waals surface area contributed by atoms with Crippen molar-refractivity contribution in [3.63, 3.8) is 0 Å². The third-order valence-corrected chi connectivity index (χ3v) is 4.14. The van der Waals surface area contributed by atoms with E-state index in [1.54, 1.807) is 6.92 Å². The number of hydrogen-bond donors (Lipinski definition) is 2. The molecule has 0 fully saturated rings. The summed E-state index contributed by atoms with van der Waals surface area (Å²) in [6, 6.07) is 3.74. The fourth-order valence-electron chi connectivity index (χ4n) is 1.40. The predicted octanol–water partition coefficient (Wildman–Crippen LogP) is 2.42. The summed E-state index contributed by atoms with van der Waals surface area (Å²) >= 11 is 7.27. The number of carbonyl (C=O) groups is 2. The summed E-state index contributed by atoms with van der Waals surface area (Å²) < 4.78 is 0.726. The van der Waals surface area contributed by atoms with Gasteiger partial charge in [0.1, 0.15) is 0 Å². The summed E-state index contributed by atoms with van der Waals surface area (Å²) in [5.74, 6) is -2.40. The molecule has 2 N–H and O–H groups in total. The van der Waals surface area contributed by atoms with E-state index in [0.29, 0.717) is 13.0 Å². The van der Waals surface area contributed by atoms with E-state index in [1.807, 2.05) is 12.1 Å². The number of amides is 1. The third-order valence-electron chi connectivity index (χ3n) is 2.85. The molecule has 0 radical (unpaired) electrons. The summed E-state index contributed by atoms with van der Waals surface area (Å²) in [5.41, 5.74) is 0. The molecule has 0 saturated heterocycles. The zero-order valence-corrected chi connectivity index (χ0v) is 11.8. The van der Waals surface area contributed by atoms with E-state index in [-0.39, 0.29) is 5.91 Å². The van der Waals surface area contributed by atoms with E-state index in [4.69, 9.17) is 16.7 Å². The topological polar surface area (TPSA) is 66.4 Å². The van der Waals surface area contributed by atoms with Gasteiger partial charge in [-0.05, 0) is 18.6 Å². The summed E-state index contributed by atoms with van der Waals surface area (Å²) in [6.07, 6.45) is 0.706. The molecule has 1 aromatic rings. The quantitative estimate of drug-likeness (QED) is 0.845. The average molecular weight is 290 g/mol. The number of carboxylic acid groups (broad SMARTS) is 1. The molecule has 0 saturated carbocycles. The van der Waals surface area contributed by atoms with E-state index < -0.39 is 17.8 Å². The number of thiophene rings is 1. The largest absolute Gasteiger partial charge is 0.481 e. The van der Waals surface area contributed by atoms with Crippen LogP contribution < -0.4 is 5.32 Å². The highest BCUT2D eigenvalue weighted by Gasteiger charge is 2.25. The van der Waals surface area contributed by atoms with Crippen LogP contribution >= 0.6 is 22.9 Å². The van der Waals surface area contributed by atoms with Crippen LogP contribution in [0.1, 0.15) is 18.7 Å². The molecule has 0 aliphatic carbocycles. The zero-order valence-electron chi connectivity index (χ0n) is 10.3. The third kappa shape index (κ3) is 4.31. The van der Waals surface area contributed by atoms with Gasteiger partial charge in [0.05, 0.1) is 10.3 Å². The van der Waals surface area contributed by atoms with Crippen molar-refractivity contribution in [2.75, 3.05) is 6.54 Å². The summed E-state index contributed by atoms with van der Waals surface area (Å²) in [4.78, 5) is 23.5. The van der Waals surface area contributed by atoms with Crippen LogP contribution in [0.2, 0.25) is 4.34 Å². The first-order chi connectivity index (χ1) is 8.41. The molecule has 1 rings (SSSR count). The Morgan fingerprint density at radius 1 is 1.39 bits per heavy atom. The minimum absolute atomic E-state index is 0.229. The molecule has 0 aliphatic heterocycles. The van der Waals surface area contributed by atoms with Crippen molar-refractivity contribution >= 4 is 34.8 Å². The first-order valence-corrected chi connectivity index (χ1v) is 6.86. The molecule has 1 heterocycles. The van der Waals surface area contributed by atoms with Gasteiger partial charge in [-0.25, -0.2) is 0 Å². The molecule has 18 heavy (non-hydrogen) atoms. The van der Waals surface area contributed by atoms with Crippen LogP contribution in [0.15, 0.2) is 12.1 Å². The highest BCUT2D eigenvalue weighted by molar-refractivity contribution is 7.16. The standard InChI is InChI=1S/C12H16ClNO3S/c1-7(8(2)12(16)17)11(15)14-6-5-9-3-4-10(13)18-9/h3-4,7-8H,5-6H2,1-2H3,(H,14,15)(H,16,17). The van der Waals surface area contributed by atoms with Gasteiger partial charge in [0, 0.05) is 17.3 Å². The number of rotatable bonds is 6. The molecule has 2 unspecified atom stereocenters. The van der Waals surface area contributed by atoms with Crippen LogP contribution in [-0.2, 0) is 16.0 Å². The molecule has 0 bridgehead atoms. The van der Waals surface area contributed by atoms with Gasteiger partial charge in [-0.3, -0.25) is 9.59 Å². The molecule has 2 atom stereocenters. The van der Waals surface area contributed by atoms with Crippen molar-refractivity contribution in [3.8, 4) is 0 Å². The maximum absolute atomic E-state index is 11.7. The van der Waals surface area contributed by atoms with Gasteiger partial charge in [-0.15, -0.1) is 11.3 Å². The van der Waals surface area contributed by atoms with Crippen LogP contribution in [0.25, 0.3) is 0 Å². The smallest absolute Gasteiger partial charge is 0.307 e. The second-order valence-electron chi connectivity index (χ2n) is 4.16. The maximum atomic E-state index is 11.7. The van der Waals surface area contributed by atoms with E-state index in [1.165, 1.54) is 18.3 Å². The van der Waals surface area contributed by atoms with Gasteiger partial charge in [0.25, 0.3) is 0 Å². The average Bonchev–Trinajstić information content (AvgIpc) is 2.72. The zero-order chi connectivity index (χ0) is 13.7. The number of carbonyl (C=O) groups excluding carboxylic acids is 1. The predicted molar refractivity (Wildman–Crippen MR) is 72.0 cm³/mol. The highest BCUT2D eigenvalue weighted by Crippen LogP contribution is 2.21. The summed E-state index contributed by atoms with van der Waals surface area (Å²) in [5, 5.41) is 11.6. The molecule has 1 aromatic heterocycles. The highest BCUT2D eigenvalue weighted by atomic mass is 35.5. The Morgan fingerprint density at radius 2 is 2.06 bits per heavy atom. The lowest BCUT2D eigenvalue weighted by molar-refractivity contribution is -0.146. The minimum Gasteiger partial charge on any atom is -0.481 e. The van der Waals surface area contributed by atoms with Crippen LogP contribution in [0.4, 0.5) is 0 Å². The Morgan fingerprint density at radius 3 is 2.56 bits per heavy atom. The Kier molecular flexibility index (Phi) is 5.62. The van der Waals surface area contributed by atoms with Gasteiger partial charge >= 0.3 is 5.97 Å². The molecule has 0 spiro atoms. The van der Waals surface area contributed by atoms with E-state index in [9.17, 15) is 9.59 Å². The fraction of sp³-hybridized carbons (Fsp3) is 0.500. The van der Waals surface area contributed by atoms with E-state index in [0.717, 1.165) is 9.21 Å². The van der Waals surface area contributed by atoms with Crippen molar-refractivity contribution in [1.82, 2.24) is 5.32 Å². The second kappa shape index (κ2) is 6.75. The Hall–Kier alpha value is -1.07. The van der Waals surface area contributed by atoms with Crippen LogP contribution in [0.3, 0.4) is 0 Å². The first-order valence-electron chi connectivity index (χ1n) is 5.66. The van der Waals surface area contributed by atoms with Crippen LogP contribution in [0, 0.1) is 11.8 Å². The molecule has 1 amide bonds.